The van der Waals surface area contributed by atoms with Gasteiger partial charge in [0.05, 0.1) is 0 Å². The van der Waals surface area contributed by atoms with Gasteiger partial charge in [0, 0.05) is 6.07 Å². The number of carboxylic acid groups (broad SMARTS) is 1. The first-order valence-corrected chi connectivity index (χ1v) is 5.27. The number of ether oxygens (including phenoxy) is 1. The van der Waals surface area contributed by atoms with Gasteiger partial charge in [-0.15, -0.1) is 0 Å². The van der Waals surface area contributed by atoms with E-state index in [0.717, 1.165) is 0 Å². The van der Waals surface area contributed by atoms with Crippen LogP contribution in [0.2, 0.25) is 0 Å². The van der Waals surface area contributed by atoms with Crippen molar-refractivity contribution in [3.05, 3.63) is 53.2 Å². The van der Waals surface area contributed by atoms with Crippen molar-refractivity contribution in [3.8, 4) is 5.75 Å². The second kappa shape index (κ2) is 4.91. The minimum atomic E-state index is -1.14. The van der Waals surface area contributed by atoms with E-state index in [0.29, 0.717) is 17.1 Å². The summed E-state index contributed by atoms with van der Waals surface area (Å²) in [6.45, 7) is 1.71. The Morgan fingerprint density at radius 3 is 2.78 bits per heavy atom. The van der Waals surface area contributed by atoms with Crippen molar-refractivity contribution < 1.29 is 23.4 Å². The molecular weight excluding hydrogens is 239 g/mol. The van der Waals surface area contributed by atoms with Gasteiger partial charge in [0.25, 0.3) is 0 Å². The number of aromatic carboxylic acids is 1. The maximum absolute atomic E-state index is 13.2. The maximum Gasteiger partial charge on any atom is 0.371 e. The Kier molecular flexibility index (Phi) is 3.32. The van der Waals surface area contributed by atoms with Crippen molar-refractivity contribution in [1.82, 2.24) is 0 Å². The molecule has 0 fully saturated rings. The average molecular weight is 250 g/mol. The minimum Gasteiger partial charge on any atom is -0.486 e. The third kappa shape index (κ3) is 2.68. The topological polar surface area (TPSA) is 59.7 Å². The second-order valence-electron chi connectivity index (χ2n) is 3.77. The molecule has 1 N–H and O–H groups in total. The smallest absolute Gasteiger partial charge is 0.371 e. The Morgan fingerprint density at radius 2 is 2.17 bits per heavy atom. The molecular formula is C13H11FO4. The van der Waals surface area contributed by atoms with Gasteiger partial charge in [-0.3, -0.25) is 0 Å². The molecule has 0 radical (unpaired) electrons. The van der Waals surface area contributed by atoms with E-state index in [9.17, 15) is 9.18 Å². The molecule has 18 heavy (non-hydrogen) atoms. The van der Waals surface area contributed by atoms with E-state index in [4.69, 9.17) is 14.3 Å². The Bertz CT molecular complexity index is 574. The highest BCUT2D eigenvalue weighted by atomic mass is 19.1. The van der Waals surface area contributed by atoms with Crippen LogP contribution in [0.15, 0.2) is 34.7 Å². The van der Waals surface area contributed by atoms with Crippen molar-refractivity contribution >= 4 is 5.97 Å². The molecule has 0 unspecified atom stereocenters. The van der Waals surface area contributed by atoms with Crippen LogP contribution in [-0.4, -0.2) is 11.1 Å². The third-order valence-electron chi connectivity index (χ3n) is 2.40. The van der Waals surface area contributed by atoms with Crippen LogP contribution < -0.4 is 4.74 Å². The van der Waals surface area contributed by atoms with Crippen molar-refractivity contribution in [2.24, 2.45) is 0 Å². The SMILES string of the molecule is Cc1ccc(OCc2ccc(C(=O)O)o2)cc1F. The number of aryl methyl sites for hydroxylation is 1. The van der Waals surface area contributed by atoms with Crippen molar-refractivity contribution in [2.45, 2.75) is 13.5 Å². The van der Waals surface area contributed by atoms with Gasteiger partial charge in [-0.25, -0.2) is 9.18 Å². The van der Waals surface area contributed by atoms with Crippen LogP contribution in [0.1, 0.15) is 21.9 Å². The van der Waals surface area contributed by atoms with Gasteiger partial charge in [-0.05, 0) is 30.7 Å². The lowest BCUT2D eigenvalue weighted by atomic mass is 10.2. The lowest BCUT2D eigenvalue weighted by molar-refractivity contribution is 0.0658. The van der Waals surface area contributed by atoms with Crippen LogP contribution >= 0.6 is 0 Å². The zero-order chi connectivity index (χ0) is 13.1. The monoisotopic (exact) mass is 250 g/mol. The van der Waals surface area contributed by atoms with Crippen LogP contribution in [0.4, 0.5) is 4.39 Å². The summed E-state index contributed by atoms with van der Waals surface area (Å²) < 4.78 is 23.5. The van der Waals surface area contributed by atoms with Gasteiger partial charge in [0.15, 0.2) is 0 Å². The zero-order valence-corrected chi connectivity index (χ0v) is 9.64. The second-order valence-corrected chi connectivity index (χ2v) is 3.77. The maximum atomic E-state index is 13.2. The molecule has 1 aromatic carbocycles. The van der Waals surface area contributed by atoms with E-state index in [2.05, 4.69) is 0 Å². The normalized spacial score (nSPS) is 10.3. The van der Waals surface area contributed by atoms with Crippen LogP contribution in [0.3, 0.4) is 0 Å². The van der Waals surface area contributed by atoms with E-state index in [1.165, 1.54) is 18.2 Å². The molecule has 0 amide bonds. The number of carboxylic acids is 1. The lowest BCUT2D eigenvalue weighted by Gasteiger charge is -2.05. The highest BCUT2D eigenvalue weighted by Gasteiger charge is 2.09. The van der Waals surface area contributed by atoms with Gasteiger partial charge < -0.3 is 14.3 Å². The van der Waals surface area contributed by atoms with Crippen LogP contribution in [0.5, 0.6) is 5.75 Å². The van der Waals surface area contributed by atoms with Crippen LogP contribution in [0.25, 0.3) is 0 Å². The molecule has 0 bridgehead atoms. The van der Waals surface area contributed by atoms with Gasteiger partial charge in [-0.2, -0.15) is 0 Å². The first-order chi connectivity index (χ1) is 8.56. The van der Waals surface area contributed by atoms with E-state index >= 15 is 0 Å². The number of benzene rings is 1. The molecule has 2 rings (SSSR count). The lowest BCUT2D eigenvalue weighted by Crippen LogP contribution is -1.96. The standard InChI is InChI=1S/C13H11FO4/c1-8-2-3-9(6-11(8)14)17-7-10-4-5-12(18-10)13(15)16/h2-6H,7H2,1H3,(H,15,16). The van der Waals surface area contributed by atoms with Gasteiger partial charge in [0.2, 0.25) is 5.76 Å². The molecule has 5 heteroatoms. The molecule has 0 aliphatic heterocycles. The number of hydrogen-bond donors (Lipinski definition) is 1. The molecule has 0 saturated heterocycles. The molecule has 0 aliphatic carbocycles. The summed E-state index contributed by atoms with van der Waals surface area (Å²) in [5.41, 5.74) is 0.536. The van der Waals surface area contributed by atoms with Gasteiger partial charge >= 0.3 is 5.97 Å². The van der Waals surface area contributed by atoms with Crippen molar-refractivity contribution in [3.63, 3.8) is 0 Å². The number of halogens is 1. The molecule has 94 valence electrons. The molecule has 0 saturated carbocycles. The van der Waals surface area contributed by atoms with Crippen LogP contribution in [0, 0.1) is 12.7 Å². The fourth-order valence-corrected chi connectivity index (χ4v) is 1.39. The molecule has 2 aromatic rings. The summed E-state index contributed by atoms with van der Waals surface area (Å²) in [6.07, 6.45) is 0. The molecule has 1 heterocycles. The molecule has 4 nitrogen and oxygen atoms in total. The largest absolute Gasteiger partial charge is 0.486 e. The third-order valence-corrected chi connectivity index (χ3v) is 2.40. The minimum absolute atomic E-state index is 0.0514. The number of rotatable bonds is 4. The van der Waals surface area contributed by atoms with E-state index < -0.39 is 5.97 Å². The van der Waals surface area contributed by atoms with Crippen LogP contribution in [-0.2, 0) is 6.61 Å². The molecule has 0 spiro atoms. The Morgan fingerprint density at radius 1 is 1.39 bits per heavy atom. The molecule has 0 aliphatic rings. The predicted molar refractivity (Wildman–Crippen MR) is 61.1 cm³/mol. The fraction of sp³-hybridized carbons (Fsp3) is 0.154. The Balaban J connectivity index is 2.02. The number of furan rings is 1. The summed E-state index contributed by atoms with van der Waals surface area (Å²) in [5.74, 6) is -0.899. The fourth-order valence-electron chi connectivity index (χ4n) is 1.39. The Hall–Kier alpha value is -2.30. The van der Waals surface area contributed by atoms with Gasteiger partial charge in [0.1, 0.15) is 23.9 Å². The highest BCUT2D eigenvalue weighted by molar-refractivity contribution is 5.84. The summed E-state index contributed by atoms with van der Waals surface area (Å²) in [6, 6.07) is 7.37. The summed E-state index contributed by atoms with van der Waals surface area (Å²) in [7, 11) is 0. The van der Waals surface area contributed by atoms with Crippen molar-refractivity contribution in [1.29, 1.82) is 0 Å². The predicted octanol–water partition coefficient (Wildman–Crippen LogP) is 3.00. The number of carbonyl (C=O) groups is 1. The molecule has 1 aromatic heterocycles. The summed E-state index contributed by atoms with van der Waals surface area (Å²) >= 11 is 0. The molecule has 0 atom stereocenters. The van der Waals surface area contributed by atoms with E-state index in [1.807, 2.05) is 0 Å². The van der Waals surface area contributed by atoms with E-state index in [-0.39, 0.29) is 18.2 Å². The average Bonchev–Trinajstić information content (AvgIpc) is 2.79. The van der Waals surface area contributed by atoms with Crippen molar-refractivity contribution in [2.75, 3.05) is 0 Å². The highest BCUT2D eigenvalue weighted by Crippen LogP contribution is 2.18. The zero-order valence-electron chi connectivity index (χ0n) is 9.64. The van der Waals surface area contributed by atoms with E-state index in [1.54, 1.807) is 19.1 Å². The van der Waals surface area contributed by atoms with Gasteiger partial charge in [-0.1, -0.05) is 6.07 Å². The number of hydrogen-bond acceptors (Lipinski definition) is 3. The first-order valence-electron chi connectivity index (χ1n) is 5.27. The first kappa shape index (κ1) is 12.2. The summed E-state index contributed by atoms with van der Waals surface area (Å²) in [5, 5.41) is 8.67. The quantitative estimate of drug-likeness (QED) is 0.906. The Labute approximate surface area is 103 Å². The summed E-state index contributed by atoms with van der Waals surface area (Å²) in [4.78, 5) is 10.6.